The number of ether oxygens (including phenoxy) is 4. The Balaban J connectivity index is 1.29. The van der Waals surface area contributed by atoms with E-state index < -0.39 is 11.8 Å². The summed E-state index contributed by atoms with van der Waals surface area (Å²) in [6.07, 6.45) is 0.950. The molecule has 4 aromatic carbocycles. The molecular formula is C36H36N4O8. The summed E-state index contributed by atoms with van der Waals surface area (Å²) < 4.78 is 23.3. The predicted octanol–water partition coefficient (Wildman–Crippen LogP) is 4.43. The minimum atomic E-state index is -0.431. The molecule has 4 aromatic rings. The second-order valence-corrected chi connectivity index (χ2v) is 10.6. The maximum atomic E-state index is 12.9. The van der Waals surface area contributed by atoms with Crippen molar-refractivity contribution in [3.05, 3.63) is 108 Å². The molecule has 4 amide bonds. The fourth-order valence-electron chi connectivity index (χ4n) is 4.72. The average molecular weight is 653 g/mol. The normalized spacial score (nSPS) is 15.5. The first kappa shape index (κ1) is 33.3. The summed E-state index contributed by atoms with van der Waals surface area (Å²) in [7, 11) is 0. The third kappa shape index (κ3) is 9.49. The van der Waals surface area contributed by atoms with Crippen molar-refractivity contribution >= 4 is 35.0 Å². The van der Waals surface area contributed by atoms with Crippen molar-refractivity contribution in [1.82, 2.24) is 10.6 Å². The quantitative estimate of drug-likeness (QED) is 0.218. The number of hydrogen-bond donors (Lipinski definition) is 4. The van der Waals surface area contributed by atoms with E-state index >= 15 is 0 Å². The molecule has 48 heavy (non-hydrogen) atoms. The van der Waals surface area contributed by atoms with Crippen molar-refractivity contribution in [3.63, 3.8) is 0 Å². The van der Waals surface area contributed by atoms with Crippen LogP contribution in [0.15, 0.2) is 97.1 Å². The van der Waals surface area contributed by atoms with Gasteiger partial charge in [-0.15, -0.1) is 0 Å². The van der Waals surface area contributed by atoms with E-state index in [1.165, 1.54) is 0 Å². The lowest BCUT2D eigenvalue weighted by atomic mass is 10.2. The summed E-state index contributed by atoms with van der Waals surface area (Å²) in [6, 6.07) is 27.3. The highest BCUT2D eigenvalue weighted by atomic mass is 16.5. The lowest BCUT2D eigenvalue weighted by Crippen LogP contribution is -2.30. The summed E-state index contributed by atoms with van der Waals surface area (Å²) in [5, 5.41) is 11.2. The first-order valence-corrected chi connectivity index (χ1v) is 15.5. The fourth-order valence-corrected chi connectivity index (χ4v) is 4.72. The molecule has 5 rings (SSSR count). The van der Waals surface area contributed by atoms with Crippen LogP contribution in [0.4, 0.5) is 11.4 Å². The molecule has 1 heterocycles. The summed E-state index contributed by atoms with van der Waals surface area (Å²) in [4.78, 5) is 51.5. The molecule has 0 bridgehead atoms. The lowest BCUT2D eigenvalue weighted by Gasteiger charge is -2.15. The van der Waals surface area contributed by atoms with Gasteiger partial charge < -0.3 is 40.2 Å². The van der Waals surface area contributed by atoms with Crippen LogP contribution in [0.25, 0.3) is 0 Å². The van der Waals surface area contributed by atoms with E-state index in [1.54, 1.807) is 97.1 Å². The minimum absolute atomic E-state index is 0.253. The Morgan fingerprint density at radius 2 is 0.833 bits per heavy atom. The highest BCUT2D eigenvalue weighted by Gasteiger charge is 2.16. The molecule has 12 nitrogen and oxygen atoms in total. The number of carbonyl (C=O) groups is 4. The Bertz CT molecular complexity index is 1620. The molecule has 0 aliphatic carbocycles. The number of benzene rings is 4. The zero-order valence-corrected chi connectivity index (χ0v) is 26.2. The molecule has 0 spiro atoms. The number of carbonyl (C=O) groups excluding carboxylic acids is 4. The van der Waals surface area contributed by atoms with Gasteiger partial charge in [0.25, 0.3) is 23.6 Å². The Morgan fingerprint density at radius 3 is 1.29 bits per heavy atom. The SMILES string of the molecule is O=C1COc2ccccc2C(=O)NCCCNC(=O)c2ccccc2OCC(=O)Nc2ccccc2OCCCOc2ccccc2N1. The Morgan fingerprint density at radius 1 is 0.438 bits per heavy atom. The molecule has 0 aromatic heterocycles. The van der Waals surface area contributed by atoms with Gasteiger partial charge in [-0.3, -0.25) is 19.2 Å². The smallest absolute Gasteiger partial charge is 0.262 e. The molecule has 0 unspecified atom stereocenters. The van der Waals surface area contributed by atoms with Gasteiger partial charge in [-0.05, 0) is 55.0 Å². The molecule has 0 radical (unpaired) electrons. The van der Waals surface area contributed by atoms with Gasteiger partial charge >= 0.3 is 0 Å². The molecule has 0 atom stereocenters. The lowest BCUT2D eigenvalue weighted by molar-refractivity contribution is -0.118. The molecular weight excluding hydrogens is 616 g/mol. The van der Waals surface area contributed by atoms with Crippen molar-refractivity contribution < 1.29 is 38.1 Å². The van der Waals surface area contributed by atoms with E-state index in [-0.39, 0.29) is 60.7 Å². The van der Waals surface area contributed by atoms with Crippen LogP contribution in [-0.4, -0.2) is 63.1 Å². The van der Waals surface area contributed by atoms with Crippen molar-refractivity contribution in [2.75, 3.05) is 50.2 Å². The molecule has 0 saturated carbocycles. The van der Waals surface area contributed by atoms with Crippen LogP contribution in [0, 0.1) is 0 Å². The van der Waals surface area contributed by atoms with Crippen LogP contribution in [0.2, 0.25) is 0 Å². The largest absolute Gasteiger partial charge is 0.491 e. The van der Waals surface area contributed by atoms with Crippen LogP contribution in [-0.2, 0) is 9.59 Å². The number of amides is 4. The van der Waals surface area contributed by atoms with E-state index in [2.05, 4.69) is 21.3 Å². The van der Waals surface area contributed by atoms with Crippen molar-refractivity contribution in [3.8, 4) is 23.0 Å². The van der Waals surface area contributed by atoms with E-state index in [0.717, 1.165) is 0 Å². The third-order valence-electron chi connectivity index (χ3n) is 7.03. The van der Waals surface area contributed by atoms with Gasteiger partial charge in [-0.1, -0.05) is 48.5 Å². The van der Waals surface area contributed by atoms with Crippen LogP contribution in [0.5, 0.6) is 23.0 Å². The molecule has 0 fully saturated rings. The molecule has 1 aliphatic rings. The second kappa shape index (κ2) is 17.0. The van der Waals surface area contributed by atoms with Gasteiger partial charge in [-0.2, -0.15) is 0 Å². The monoisotopic (exact) mass is 652 g/mol. The third-order valence-corrected chi connectivity index (χ3v) is 7.03. The number of anilines is 2. The number of fused-ring (bicyclic) bond motifs is 4. The van der Waals surface area contributed by atoms with Crippen molar-refractivity contribution in [2.24, 2.45) is 0 Å². The summed E-state index contributed by atoms with van der Waals surface area (Å²) in [6.45, 7) is 0.462. The Labute approximate surface area is 277 Å². The van der Waals surface area contributed by atoms with Gasteiger partial charge in [0.2, 0.25) is 0 Å². The molecule has 248 valence electrons. The zero-order chi connectivity index (χ0) is 33.6. The molecule has 12 heteroatoms. The molecule has 4 N–H and O–H groups in total. The van der Waals surface area contributed by atoms with Gasteiger partial charge in [0, 0.05) is 19.5 Å². The standard InChI is InChI=1S/C36H36N4O8/c41-33-23-47-29-15-5-1-11-25(29)35(43)37-19-9-20-38-36(44)26-12-2-6-16-30(26)48-24-34(42)40-28-14-4-8-18-32(28)46-22-10-21-45-31-17-7-3-13-27(31)39-33/h1-8,11-18H,9-10,19-24H2,(H,37,43)(H,38,44)(H,39,41)(H,40,42). The van der Waals surface area contributed by atoms with Gasteiger partial charge in [0.05, 0.1) is 35.7 Å². The van der Waals surface area contributed by atoms with Crippen LogP contribution in [0.3, 0.4) is 0 Å². The molecule has 1 aliphatic heterocycles. The van der Waals surface area contributed by atoms with Crippen LogP contribution in [0.1, 0.15) is 33.6 Å². The predicted molar refractivity (Wildman–Crippen MR) is 179 cm³/mol. The van der Waals surface area contributed by atoms with E-state index in [1.807, 2.05) is 0 Å². The first-order valence-electron chi connectivity index (χ1n) is 15.5. The average Bonchev–Trinajstić information content (AvgIpc) is 3.10. The van der Waals surface area contributed by atoms with Gasteiger partial charge in [0.15, 0.2) is 13.2 Å². The number of hydrogen-bond acceptors (Lipinski definition) is 8. The van der Waals surface area contributed by atoms with E-state index in [9.17, 15) is 19.2 Å². The minimum Gasteiger partial charge on any atom is -0.491 e. The van der Waals surface area contributed by atoms with Crippen LogP contribution >= 0.6 is 0 Å². The summed E-state index contributed by atoms with van der Waals surface area (Å²) in [5.41, 5.74) is 1.48. The maximum Gasteiger partial charge on any atom is 0.262 e. The summed E-state index contributed by atoms with van der Waals surface area (Å²) in [5.74, 6) is -0.168. The topological polar surface area (TPSA) is 153 Å². The number of para-hydroxylation sites is 6. The van der Waals surface area contributed by atoms with Crippen LogP contribution < -0.4 is 40.2 Å². The van der Waals surface area contributed by atoms with Crippen molar-refractivity contribution in [2.45, 2.75) is 12.8 Å². The highest BCUT2D eigenvalue weighted by Crippen LogP contribution is 2.26. The highest BCUT2D eigenvalue weighted by molar-refractivity contribution is 5.98. The van der Waals surface area contributed by atoms with Crippen molar-refractivity contribution in [1.29, 1.82) is 0 Å². The van der Waals surface area contributed by atoms with Gasteiger partial charge in [-0.25, -0.2) is 0 Å². The van der Waals surface area contributed by atoms with E-state index in [0.29, 0.717) is 48.9 Å². The molecule has 0 saturated heterocycles. The van der Waals surface area contributed by atoms with Gasteiger partial charge in [0.1, 0.15) is 23.0 Å². The Kier molecular flexibility index (Phi) is 11.8. The van der Waals surface area contributed by atoms with E-state index in [4.69, 9.17) is 18.9 Å². The first-order chi connectivity index (χ1) is 23.5. The Hall–Kier alpha value is -6.04. The second-order valence-electron chi connectivity index (χ2n) is 10.6. The maximum absolute atomic E-state index is 12.9. The summed E-state index contributed by atoms with van der Waals surface area (Å²) >= 11 is 0. The number of rotatable bonds is 0. The number of nitrogens with one attached hydrogen (secondary N) is 4. The fraction of sp³-hybridized carbons (Fsp3) is 0.222. The zero-order valence-electron chi connectivity index (χ0n) is 26.2.